The zero-order valence-corrected chi connectivity index (χ0v) is 7.21. The largest absolute Gasteiger partial charge is 0.494 e. The van der Waals surface area contributed by atoms with Crippen molar-refractivity contribution in [2.75, 3.05) is 13.7 Å². The van der Waals surface area contributed by atoms with Crippen molar-refractivity contribution in [3.8, 4) is 11.5 Å². The zero-order chi connectivity index (χ0) is 9.42. The molecule has 2 N–H and O–H groups in total. The first-order valence-electron chi connectivity index (χ1n) is 3.99. The van der Waals surface area contributed by atoms with Crippen LogP contribution < -0.4 is 15.2 Å². The van der Waals surface area contributed by atoms with E-state index in [2.05, 4.69) is 0 Å². The zero-order valence-electron chi connectivity index (χ0n) is 7.21. The Morgan fingerprint density at radius 1 is 1.62 bits per heavy atom. The third kappa shape index (κ3) is 1.14. The van der Waals surface area contributed by atoms with E-state index in [9.17, 15) is 4.39 Å². The third-order valence-electron chi connectivity index (χ3n) is 2.12. The number of halogens is 1. The van der Waals surface area contributed by atoms with E-state index in [-0.39, 0.29) is 17.5 Å². The van der Waals surface area contributed by atoms with Crippen LogP contribution in [0.1, 0.15) is 11.6 Å². The molecule has 0 amide bonds. The van der Waals surface area contributed by atoms with Crippen LogP contribution in [-0.4, -0.2) is 13.7 Å². The van der Waals surface area contributed by atoms with Gasteiger partial charge in [-0.3, -0.25) is 0 Å². The summed E-state index contributed by atoms with van der Waals surface area (Å²) in [6, 6.07) is 3.06. The molecule has 0 radical (unpaired) electrons. The first kappa shape index (κ1) is 8.31. The van der Waals surface area contributed by atoms with Crippen LogP contribution in [0.2, 0.25) is 0 Å². The maximum Gasteiger partial charge on any atom is 0.207 e. The molecule has 0 spiro atoms. The molecular weight excluding hydrogens is 173 g/mol. The van der Waals surface area contributed by atoms with Gasteiger partial charge >= 0.3 is 0 Å². The summed E-state index contributed by atoms with van der Waals surface area (Å²) in [7, 11) is 1.42. The minimum atomic E-state index is -0.465. The number of nitrogens with two attached hydrogens (primary N) is 1. The molecule has 0 saturated carbocycles. The SMILES string of the molecule is COc1ccc2c(c1F)OCC2N. The first-order valence-corrected chi connectivity index (χ1v) is 3.99. The van der Waals surface area contributed by atoms with Crippen molar-refractivity contribution in [1.82, 2.24) is 0 Å². The van der Waals surface area contributed by atoms with Gasteiger partial charge in [0, 0.05) is 5.56 Å². The molecule has 13 heavy (non-hydrogen) atoms. The second-order valence-corrected chi connectivity index (χ2v) is 2.92. The fourth-order valence-electron chi connectivity index (χ4n) is 1.41. The predicted molar refractivity (Wildman–Crippen MR) is 45.4 cm³/mol. The number of rotatable bonds is 1. The van der Waals surface area contributed by atoms with Crippen LogP contribution in [0, 0.1) is 5.82 Å². The summed E-state index contributed by atoms with van der Waals surface area (Å²) in [6.07, 6.45) is 0. The Morgan fingerprint density at radius 3 is 3.08 bits per heavy atom. The van der Waals surface area contributed by atoms with Crippen molar-refractivity contribution in [3.63, 3.8) is 0 Å². The molecule has 1 aromatic rings. The van der Waals surface area contributed by atoms with Gasteiger partial charge in [0.25, 0.3) is 0 Å². The number of ether oxygens (including phenoxy) is 2. The van der Waals surface area contributed by atoms with Crippen molar-refractivity contribution < 1.29 is 13.9 Å². The van der Waals surface area contributed by atoms with Gasteiger partial charge in [0.2, 0.25) is 5.82 Å². The number of benzene rings is 1. The lowest BCUT2D eigenvalue weighted by molar-refractivity contribution is 0.310. The molecule has 1 unspecified atom stereocenters. The van der Waals surface area contributed by atoms with Crippen molar-refractivity contribution in [3.05, 3.63) is 23.5 Å². The van der Waals surface area contributed by atoms with Crippen molar-refractivity contribution >= 4 is 0 Å². The van der Waals surface area contributed by atoms with E-state index in [1.807, 2.05) is 0 Å². The topological polar surface area (TPSA) is 44.5 Å². The molecule has 70 valence electrons. The van der Waals surface area contributed by atoms with Gasteiger partial charge in [-0.25, -0.2) is 0 Å². The first-order chi connectivity index (χ1) is 6.24. The molecule has 0 aromatic heterocycles. The quantitative estimate of drug-likeness (QED) is 0.712. The molecule has 1 atom stereocenters. The van der Waals surface area contributed by atoms with Crippen LogP contribution >= 0.6 is 0 Å². The number of hydrogen-bond donors (Lipinski definition) is 1. The van der Waals surface area contributed by atoms with Crippen LogP contribution in [0.25, 0.3) is 0 Å². The summed E-state index contributed by atoms with van der Waals surface area (Å²) in [5, 5.41) is 0. The predicted octanol–water partition coefficient (Wildman–Crippen LogP) is 1.23. The van der Waals surface area contributed by atoms with E-state index < -0.39 is 5.82 Å². The number of fused-ring (bicyclic) bond motifs is 1. The van der Waals surface area contributed by atoms with Crippen molar-refractivity contribution in [2.45, 2.75) is 6.04 Å². The van der Waals surface area contributed by atoms with E-state index in [0.29, 0.717) is 12.2 Å². The Bertz CT molecular complexity index is 341. The van der Waals surface area contributed by atoms with Gasteiger partial charge in [0.05, 0.1) is 13.2 Å². The molecule has 0 bridgehead atoms. The molecule has 1 aromatic carbocycles. The van der Waals surface area contributed by atoms with E-state index in [1.54, 1.807) is 12.1 Å². The monoisotopic (exact) mass is 183 g/mol. The van der Waals surface area contributed by atoms with Gasteiger partial charge in [-0.2, -0.15) is 4.39 Å². The summed E-state index contributed by atoms with van der Waals surface area (Å²) >= 11 is 0. The Kier molecular flexibility index (Phi) is 1.84. The van der Waals surface area contributed by atoms with Gasteiger partial charge < -0.3 is 15.2 Å². The molecule has 1 aliphatic heterocycles. The summed E-state index contributed by atoms with van der Waals surface area (Å²) < 4.78 is 23.4. The Hall–Kier alpha value is -1.29. The summed E-state index contributed by atoms with van der Waals surface area (Å²) in [4.78, 5) is 0. The fourth-order valence-corrected chi connectivity index (χ4v) is 1.41. The van der Waals surface area contributed by atoms with Gasteiger partial charge in [-0.15, -0.1) is 0 Å². The highest BCUT2D eigenvalue weighted by Gasteiger charge is 2.25. The average Bonchev–Trinajstić information content (AvgIpc) is 2.50. The van der Waals surface area contributed by atoms with Gasteiger partial charge in [0.15, 0.2) is 11.5 Å². The van der Waals surface area contributed by atoms with Gasteiger partial charge in [0.1, 0.15) is 6.61 Å². The molecule has 3 nitrogen and oxygen atoms in total. The van der Waals surface area contributed by atoms with E-state index in [1.165, 1.54) is 7.11 Å². The third-order valence-corrected chi connectivity index (χ3v) is 2.12. The normalized spacial score (nSPS) is 19.5. The Labute approximate surface area is 75.3 Å². The number of methoxy groups -OCH3 is 1. The van der Waals surface area contributed by atoms with E-state index in [4.69, 9.17) is 15.2 Å². The second kappa shape index (κ2) is 2.88. The lowest BCUT2D eigenvalue weighted by Crippen LogP contribution is -2.10. The molecule has 2 rings (SSSR count). The lowest BCUT2D eigenvalue weighted by Gasteiger charge is -2.05. The summed E-state index contributed by atoms with van der Waals surface area (Å²) in [5.41, 5.74) is 6.38. The molecule has 1 heterocycles. The van der Waals surface area contributed by atoms with Crippen molar-refractivity contribution in [2.24, 2.45) is 5.73 Å². The average molecular weight is 183 g/mol. The molecule has 1 aliphatic rings. The van der Waals surface area contributed by atoms with Gasteiger partial charge in [-0.05, 0) is 12.1 Å². The highest BCUT2D eigenvalue weighted by atomic mass is 19.1. The van der Waals surface area contributed by atoms with Crippen LogP contribution in [0.4, 0.5) is 4.39 Å². The standard InChI is InChI=1S/C9H10FNO2/c1-12-7-3-2-5-6(11)4-13-9(5)8(7)10/h2-3,6H,4,11H2,1H3. The highest BCUT2D eigenvalue weighted by Crippen LogP contribution is 2.37. The van der Waals surface area contributed by atoms with Crippen LogP contribution in [-0.2, 0) is 0 Å². The fraction of sp³-hybridized carbons (Fsp3) is 0.333. The lowest BCUT2D eigenvalue weighted by atomic mass is 10.1. The number of hydrogen-bond acceptors (Lipinski definition) is 3. The maximum atomic E-state index is 13.4. The minimum Gasteiger partial charge on any atom is -0.494 e. The van der Waals surface area contributed by atoms with Crippen LogP contribution in [0.3, 0.4) is 0 Å². The van der Waals surface area contributed by atoms with Crippen LogP contribution in [0.5, 0.6) is 11.5 Å². The Morgan fingerprint density at radius 2 is 2.38 bits per heavy atom. The van der Waals surface area contributed by atoms with Crippen molar-refractivity contribution in [1.29, 1.82) is 0 Å². The van der Waals surface area contributed by atoms with E-state index >= 15 is 0 Å². The smallest absolute Gasteiger partial charge is 0.207 e. The second-order valence-electron chi connectivity index (χ2n) is 2.92. The molecule has 4 heteroatoms. The highest BCUT2D eigenvalue weighted by molar-refractivity contribution is 5.46. The molecular formula is C9H10FNO2. The minimum absolute atomic E-state index is 0.188. The molecule has 0 saturated heterocycles. The van der Waals surface area contributed by atoms with Gasteiger partial charge in [-0.1, -0.05) is 0 Å². The maximum absolute atomic E-state index is 13.4. The Balaban J connectivity index is 2.54. The summed E-state index contributed by atoms with van der Waals surface area (Å²) in [6.45, 7) is 0.333. The molecule has 0 fully saturated rings. The van der Waals surface area contributed by atoms with E-state index in [0.717, 1.165) is 0 Å². The van der Waals surface area contributed by atoms with Crippen LogP contribution in [0.15, 0.2) is 12.1 Å². The summed E-state index contributed by atoms with van der Waals surface area (Å²) in [5.74, 6) is -0.0485. The molecule has 0 aliphatic carbocycles.